The minimum Gasteiger partial charge on any atom is -0.326 e. The Balaban J connectivity index is 2.03. The molecule has 0 spiro atoms. The topological polar surface area (TPSA) is 76.0 Å². The number of aromatic nitrogens is 2. The van der Waals surface area contributed by atoms with Gasteiger partial charge in [0.25, 0.3) is 0 Å². The number of benzene rings is 1. The Bertz CT molecular complexity index is 783. The number of carbonyl (C=O) groups is 2. The molecule has 2 rings (SSSR count). The summed E-state index contributed by atoms with van der Waals surface area (Å²) >= 11 is 0. The lowest BCUT2D eigenvalue weighted by atomic mass is 10.1. The lowest BCUT2D eigenvalue weighted by Crippen LogP contribution is -2.14. The molecule has 7 heteroatoms. The average molecular weight is 332 g/mol. The van der Waals surface area contributed by atoms with Crippen molar-refractivity contribution in [1.29, 1.82) is 0 Å². The van der Waals surface area contributed by atoms with Crippen LogP contribution in [0.1, 0.15) is 30.3 Å². The fraction of sp³-hybridized carbons (Fsp3) is 0.353. The summed E-state index contributed by atoms with van der Waals surface area (Å²) in [5, 5.41) is 9.41. The molecular formula is C17H21FN4O2. The number of rotatable bonds is 5. The summed E-state index contributed by atoms with van der Waals surface area (Å²) in [6, 6.07) is 4.04. The zero-order valence-corrected chi connectivity index (χ0v) is 14.2. The van der Waals surface area contributed by atoms with Crippen LogP contribution in [0.2, 0.25) is 0 Å². The van der Waals surface area contributed by atoms with Crippen molar-refractivity contribution < 1.29 is 14.0 Å². The molecule has 0 saturated carbocycles. The highest BCUT2D eigenvalue weighted by molar-refractivity contribution is 5.93. The summed E-state index contributed by atoms with van der Waals surface area (Å²) in [7, 11) is 1.86. The van der Waals surface area contributed by atoms with Gasteiger partial charge in [0.1, 0.15) is 5.82 Å². The van der Waals surface area contributed by atoms with E-state index in [0.29, 0.717) is 12.1 Å². The van der Waals surface area contributed by atoms with Crippen molar-refractivity contribution in [2.75, 3.05) is 10.6 Å². The van der Waals surface area contributed by atoms with E-state index in [0.717, 1.165) is 17.0 Å². The second-order valence-electron chi connectivity index (χ2n) is 5.70. The maximum Gasteiger partial charge on any atom is 0.224 e. The summed E-state index contributed by atoms with van der Waals surface area (Å²) in [6.45, 7) is 5.21. The highest BCUT2D eigenvalue weighted by Crippen LogP contribution is 2.20. The van der Waals surface area contributed by atoms with Gasteiger partial charge >= 0.3 is 0 Å². The first-order valence-electron chi connectivity index (χ1n) is 7.64. The SMILES string of the molecule is CC(=O)Nc1ccc(F)c(NC(=O)CCc2c(C)nn(C)c2C)c1. The first-order valence-corrected chi connectivity index (χ1v) is 7.64. The third kappa shape index (κ3) is 4.18. The van der Waals surface area contributed by atoms with Crippen molar-refractivity contribution in [3.8, 4) is 0 Å². The van der Waals surface area contributed by atoms with E-state index >= 15 is 0 Å². The smallest absolute Gasteiger partial charge is 0.224 e. The van der Waals surface area contributed by atoms with Gasteiger partial charge in [0, 0.05) is 31.8 Å². The van der Waals surface area contributed by atoms with Gasteiger partial charge in [0.2, 0.25) is 11.8 Å². The summed E-state index contributed by atoms with van der Waals surface area (Å²) in [5.74, 6) is -1.11. The molecule has 0 fully saturated rings. The molecule has 0 unspecified atom stereocenters. The predicted molar refractivity (Wildman–Crippen MR) is 90.3 cm³/mol. The quantitative estimate of drug-likeness (QED) is 0.884. The summed E-state index contributed by atoms with van der Waals surface area (Å²) in [6.07, 6.45) is 0.752. The first kappa shape index (κ1) is 17.7. The standard InChI is InChI=1S/C17H21FN4O2/c1-10-14(11(2)22(4)21-10)6-8-17(24)20-16-9-13(19-12(3)23)5-7-15(16)18/h5,7,9H,6,8H2,1-4H3,(H,19,23)(H,20,24). The molecule has 1 aromatic carbocycles. The zero-order chi connectivity index (χ0) is 17.9. The van der Waals surface area contributed by atoms with Crippen LogP contribution >= 0.6 is 0 Å². The molecule has 0 bridgehead atoms. The molecule has 2 amide bonds. The zero-order valence-electron chi connectivity index (χ0n) is 14.2. The van der Waals surface area contributed by atoms with Crippen molar-refractivity contribution in [2.45, 2.75) is 33.6 Å². The highest BCUT2D eigenvalue weighted by atomic mass is 19.1. The third-order valence-electron chi connectivity index (χ3n) is 3.82. The molecule has 0 saturated heterocycles. The van der Waals surface area contributed by atoms with E-state index < -0.39 is 5.82 Å². The van der Waals surface area contributed by atoms with E-state index in [-0.39, 0.29) is 23.9 Å². The van der Waals surface area contributed by atoms with Crippen LogP contribution in [0.15, 0.2) is 18.2 Å². The Morgan fingerprint density at radius 3 is 2.54 bits per heavy atom. The minimum absolute atomic E-state index is 0.0471. The molecule has 0 aliphatic rings. The number of nitrogens with zero attached hydrogens (tertiary/aromatic N) is 2. The molecule has 128 valence electrons. The lowest BCUT2D eigenvalue weighted by molar-refractivity contribution is -0.116. The predicted octanol–water partition coefficient (Wildman–Crippen LogP) is 2.71. The van der Waals surface area contributed by atoms with Gasteiger partial charge in [-0.05, 0) is 44.0 Å². The molecular weight excluding hydrogens is 311 g/mol. The van der Waals surface area contributed by atoms with E-state index in [1.165, 1.54) is 25.1 Å². The largest absolute Gasteiger partial charge is 0.326 e. The second kappa shape index (κ2) is 7.25. The van der Waals surface area contributed by atoms with Crippen molar-refractivity contribution in [2.24, 2.45) is 7.05 Å². The summed E-state index contributed by atoms with van der Waals surface area (Å²) in [5.41, 5.74) is 3.41. The molecule has 1 heterocycles. The Kier molecular flexibility index (Phi) is 5.33. The Labute approximate surface area is 140 Å². The number of carbonyl (C=O) groups excluding carboxylic acids is 2. The number of amides is 2. The van der Waals surface area contributed by atoms with Gasteiger partial charge < -0.3 is 10.6 Å². The van der Waals surface area contributed by atoms with Crippen molar-refractivity contribution in [3.63, 3.8) is 0 Å². The number of anilines is 2. The van der Waals surface area contributed by atoms with Gasteiger partial charge in [0.15, 0.2) is 0 Å². The summed E-state index contributed by atoms with van der Waals surface area (Å²) < 4.78 is 15.6. The Morgan fingerprint density at radius 1 is 1.25 bits per heavy atom. The fourth-order valence-electron chi connectivity index (χ4n) is 2.53. The van der Waals surface area contributed by atoms with Crippen LogP contribution in [-0.2, 0) is 23.1 Å². The van der Waals surface area contributed by atoms with Crippen LogP contribution in [-0.4, -0.2) is 21.6 Å². The van der Waals surface area contributed by atoms with Gasteiger partial charge in [0.05, 0.1) is 11.4 Å². The number of halogens is 1. The monoisotopic (exact) mass is 332 g/mol. The molecule has 0 aliphatic heterocycles. The third-order valence-corrected chi connectivity index (χ3v) is 3.82. The molecule has 0 radical (unpaired) electrons. The lowest BCUT2D eigenvalue weighted by Gasteiger charge is -2.09. The Morgan fingerprint density at radius 2 is 1.96 bits per heavy atom. The van der Waals surface area contributed by atoms with E-state index in [1.807, 2.05) is 20.9 Å². The second-order valence-corrected chi connectivity index (χ2v) is 5.70. The molecule has 24 heavy (non-hydrogen) atoms. The van der Waals surface area contributed by atoms with Crippen molar-refractivity contribution in [1.82, 2.24) is 9.78 Å². The Hall–Kier alpha value is -2.70. The van der Waals surface area contributed by atoms with Gasteiger partial charge in [-0.3, -0.25) is 14.3 Å². The molecule has 2 aromatic rings. The van der Waals surface area contributed by atoms with E-state index in [9.17, 15) is 14.0 Å². The van der Waals surface area contributed by atoms with Crippen LogP contribution in [0.3, 0.4) is 0 Å². The molecule has 2 N–H and O–H groups in total. The number of aryl methyl sites for hydroxylation is 2. The number of nitrogens with one attached hydrogen (secondary N) is 2. The molecule has 6 nitrogen and oxygen atoms in total. The molecule has 0 atom stereocenters. The fourth-order valence-corrected chi connectivity index (χ4v) is 2.53. The number of hydrogen-bond donors (Lipinski definition) is 2. The first-order chi connectivity index (χ1) is 11.3. The van der Waals surface area contributed by atoms with Gasteiger partial charge in [-0.15, -0.1) is 0 Å². The van der Waals surface area contributed by atoms with Crippen LogP contribution in [0.4, 0.5) is 15.8 Å². The van der Waals surface area contributed by atoms with Crippen LogP contribution < -0.4 is 10.6 Å². The van der Waals surface area contributed by atoms with Gasteiger partial charge in [-0.2, -0.15) is 5.10 Å². The van der Waals surface area contributed by atoms with Crippen LogP contribution in [0, 0.1) is 19.7 Å². The minimum atomic E-state index is -0.550. The summed E-state index contributed by atoms with van der Waals surface area (Å²) in [4.78, 5) is 23.2. The number of hydrogen-bond acceptors (Lipinski definition) is 3. The normalized spacial score (nSPS) is 10.5. The molecule has 0 aliphatic carbocycles. The van der Waals surface area contributed by atoms with Crippen molar-refractivity contribution in [3.05, 3.63) is 41.0 Å². The van der Waals surface area contributed by atoms with E-state index in [4.69, 9.17) is 0 Å². The molecule has 1 aromatic heterocycles. The average Bonchev–Trinajstić information content (AvgIpc) is 2.73. The maximum atomic E-state index is 13.8. The van der Waals surface area contributed by atoms with Crippen LogP contribution in [0.5, 0.6) is 0 Å². The van der Waals surface area contributed by atoms with Gasteiger partial charge in [-0.25, -0.2) is 4.39 Å². The van der Waals surface area contributed by atoms with E-state index in [2.05, 4.69) is 15.7 Å². The van der Waals surface area contributed by atoms with E-state index in [1.54, 1.807) is 4.68 Å². The van der Waals surface area contributed by atoms with Gasteiger partial charge in [-0.1, -0.05) is 0 Å². The highest BCUT2D eigenvalue weighted by Gasteiger charge is 2.13. The maximum absolute atomic E-state index is 13.8. The van der Waals surface area contributed by atoms with Crippen LogP contribution in [0.25, 0.3) is 0 Å². The van der Waals surface area contributed by atoms with Crippen molar-refractivity contribution >= 4 is 23.2 Å².